The van der Waals surface area contributed by atoms with Gasteiger partial charge in [-0.05, 0) is 118 Å². The fraction of sp³-hybridized carbons (Fsp3) is 0.541. The Labute approximate surface area is 313 Å². The first-order valence-electron chi connectivity index (χ1n) is 17.9. The molecule has 0 radical (unpaired) electrons. The van der Waals surface area contributed by atoms with Crippen LogP contribution in [0.2, 0.25) is 51.9 Å². The number of esters is 2. The van der Waals surface area contributed by atoms with E-state index < -0.39 is 25.2 Å². The molecule has 0 unspecified atom stereocenters. The smallest absolute Gasteiger partial charge is 0.338 e. The first-order valence-corrected chi connectivity index (χ1v) is 27.2. The molecule has 0 saturated carbocycles. The fourth-order valence-electron chi connectivity index (χ4n) is 4.96. The summed E-state index contributed by atoms with van der Waals surface area (Å²) in [6.45, 7) is 28.7. The van der Waals surface area contributed by atoms with Gasteiger partial charge in [-0.25, -0.2) is 9.59 Å². The maximum absolute atomic E-state index is 12.6. The lowest BCUT2D eigenvalue weighted by molar-refractivity contribution is 0.0360. The van der Waals surface area contributed by atoms with E-state index in [1.54, 1.807) is 48.5 Å². The molecule has 3 N–H and O–H groups in total. The van der Waals surface area contributed by atoms with E-state index in [2.05, 4.69) is 76.7 Å². The van der Waals surface area contributed by atoms with Crippen molar-refractivity contribution in [2.45, 2.75) is 99.8 Å². The van der Waals surface area contributed by atoms with Crippen LogP contribution in [-0.2, 0) is 17.7 Å². The van der Waals surface area contributed by atoms with Gasteiger partial charge in [-0.1, -0.05) is 41.5 Å². The minimum atomic E-state index is -2.40. The summed E-state index contributed by atoms with van der Waals surface area (Å²) >= 11 is 0. The van der Waals surface area contributed by atoms with Crippen LogP contribution in [0.25, 0.3) is 0 Å². The standard InChI is InChI=1S/C37H60N6O6Si3/c1-36(2,3)25-46-31(44)27-15-19-29(20-16-27)39-34-41-33(38-23-14-24-52(13,48-50(7,8)9)49-51(10,11)12)42-35(43-34)40-30-21-17-28(18-22-30)32(45)47-26-37(4,5)6/h15-22H,14,23-26H2,1-13H3,(H3,38,39,40,41,42,43). The van der Waals surface area contributed by atoms with Crippen LogP contribution in [0.1, 0.15) is 68.7 Å². The average molecular weight is 769 g/mol. The summed E-state index contributed by atoms with van der Waals surface area (Å²) < 4.78 is 24.3. The van der Waals surface area contributed by atoms with E-state index in [0.717, 1.165) is 12.5 Å². The molecule has 0 bridgehead atoms. The maximum Gasteiger partial charge on any atom is 0.338 e. The molecule has 3 rings (SSSR count). The van der Waals surface area contributed by atoms with Crippen molar-refractivity contribution >= 4 is 66.4 Å². The van der Waals surface area contributed by atoms with E-state index in [4.69, 9.17) is 17.7 Å². The highest BCUT2D eigenvalue weighted by atomic mass is 28.5. The first kappa shape index (κ1) is 42.8. The lowest BCUT2D eigenvalue weighted by Gasteiger charge is -2.38. The van der Waals surface area contributed by atoms with Crippen molar-refractivity contribution in [2.24, 2.45) is 10.8 Å². The second-order valence-corrected chi connectivity index (χ2v) is 30.4. The maximum atomic E-state index is 12.6. The Morgan fingerprint density at radius 1 is 0.596 bits per heavy atom. The predicted molar refractivity (Wildman–Crippen MR) is 217 cm³/mol. The highest BCUT2D eigenvalue weighted by Crippen LogP contribution is 2.26. The van der Waals surface area contributed by atoms with Gasteiger partial charge in [0, 0.05) is 17.9 Å². The molecule has 0 atom stereocenters. The van der Waals surface area contributed by atoms with Gasteiger partial charge in [0.1, 0.15) is 0 Å². The molecular weight excluding hydrogens is 709 g/mol. The van der Waals surface area contributed by atoms with E-state index in [9.17, 15) is 9.59 Å². The van der Waals surface area contributed by atoms with Crippen molar-refractivity contribution in [3.8, 4) is 0 Å². The number of ether oxygens (including phenoxy) is 2. The van der Waals surface area contributed by atoms with Gasteiger partial charge in [0.05, 0.1) is 24.3 Å². The number of aromatic nitrogens is 3. The fourth-order valence-corrected chi connectivity index (χ4v) is 17.5. The summed E-state index contributed by atoms with van der Waals surface area (Å²) in [7, 11) is -6.02. The molecule has 12 nitrogen and oxygen atoms in total. The highest BCUT2D eigenvalue weighted by molar-refractivity contribution is 6.87. The molecule has 0 fully saturated rings. The van der Waals surface area contributed by atoms with Crippen LogP contribution in [-0.4, -0.2) is 71.8 Å². The highest BCUT2D eigenvalue weighted by Gasteiger charge is 2.39. The van der Waals surface area contributed by atoms with Crippen molar-refractivity contribution in [2.75, 3.05) is 35.7 Å². The Balaban J connectivity index is 1.79. The Morgan fingerprint density at radius 3 is 1.31 bits per heavy atom. The van der Waals surface area contributed by atoms with Gasteiger partial charge in [-0.15, -0.1) is 0 Å². The number of rotatable bonds is 17. The molecule has 0 spiro atoms. The van der Waals surface area contributed by atoms with Crippen LogP contribution in [0.5, 0.6) is 0 Å². The number of hydrogen-bond acceptors (Lipinski definition) is 12. The molecule has 0 saturated heterocycles. The third-order valence-corrected chi connectivity index (χ3v) is 16.4. The second-order valence-electron chi connectivity index (χ2n) is 17.6. The molecule has 15 heteroatoms. The van der Waals surface area contributed by atoms with E-state index in [1.165, 1.54) is 0 Å². The number of hydrogen-bond donors (Lipinski definition) is 3. The average Bonchev–Trinajstić information content (AvgIpc) is 2.99. The number of carbonyl (C=O) groups is 2. The van der Waals surface area contributed by atoms with E-state index in [1.807, 2.05) is 41.5 Å². The number of benzene rings is 2. The first-order chi connectivity index (χ1) is 23.9. The molecule has 1 aromatic heterocycles. The summed E-state index contributed by atoms with van der Waals surface area (Å²) in [6.07, 6.45) is 0.814. The minimum Gasteiger partial charge on any atom is -0.462 e. The SMILES string of the molecule is CC(C)(C)COC(=O)c1ccc(Nc2nc(NCCC[Si](C)(O[Si](C)(C)C)O[Si](C)(C)C)nc(Nc3ccc(C(=O)OCC(C)(C)C)cc3)n2)cc1. The molecule has 3 aromatic rings. The van der Waals surface area contributed by atoms with Gasteiger partial charge in [-0.3, -0.25) is 0 Å². The Hall–Kier alpha value is -3.64. The largest absolute Gasteiger partial charge is 0.462 e. The second kappa shape index (κ2) is 17.5. The summed E-state index contributed by atoms with van der Waals surface area (Å²) in [5.41, 5.74) is 2.02. The molecule has 286 valence electrons. The molecule has 1 heterocycles. The van der Waals surface area contributed by atoms with E-state index >= 15 is 0 Å². The van der Waals surface area contributed by atoms with Crippen LogP contribution in [0, 0.1) is 10.8 Å². The zero-order valence-electron chi connectivity index (χ0n) is 33.4. The third kappa shape index (κ3) is 16.4. The minimum absolute atomic E-state index is 0.127. The predicted octanol–water partition coefficient (Wildman–Crippen LogP) is 9.34. The van der Waals surface area contributed by atoms with Crippen LogP contribution in [0.4, 0.5) is 29.2 Å². The number of nitrogens with one attached hydrogen (secondary N) is 3. The van der Waals surface area contributed by atoms with Crippen molar-refractivity contribution in [3.05, 3.63) is 59.7 Å². The van der Waals surface area contributed by atoms with E-state index in [-0.39, 0.29) is 22.8 Å². The molecule has 0 aliphatic heterocycles. The van der Waals surface area contributed by atoms with Gasteiger partial charge >= 0.3 is 20.5 Å². The van der Waals surface area contributed by atoms with Crippen LogP contribution in [0.15, 0.2) is 48.5 Å². The van der Waals surface area contributed by atoms with Crippen molar-refractivity contribution in [3.63, 3.8) is 0 Å². The van der Waals surface area contributed by atoms with Crippen molar-refractivity contribution in [1.82, 2.24) is 15.0 Å². The van der Waals surface area contributed by atoms with Crippen molar-refractivity contribution < 1.29 is 27.3 Å². The van der Waals surface area contributed by atoms with E-state index in [0.29, 0.717) is 60.1 Å². The normalized spacial score (nSPS) is 12.6. The molecule has 52 heavy (non-hydrogen) atoms. The zero-order valence-corrected chi connectivity index (χ0v) is 36.4. The van der Waals surface area contributed by atoms with Crippen LogP contribution in [0.3, 0.4) is 0 Å². The molecular formula is C37H60N6O6Si3. The van der Waals surface area contributed by atoms with Gasteiger partial charge in [0.2, 0.25) is 17.8 Å². The van der Waals surface area contributed by atoms with Gasteiger partial charge in [-0.2, -0.15) is 15.0 Å². The molecule has 0 amide bonds. The van der Waals surface area contributed by atoms with Gasteiger partial charge < -0.3 is 33.7 Å². The zero-order chi connectivity index (χ0) is 39.0. The Morgan fingerprint density at radius 2 is 0.962 bits per heavy atom. The molecule has 2 aromatic carbocycles. The van der Waals surface area contributed by atoms with Crippen LogP contribution >= 0.6 is 0 Å². The lowest BCUT2D eigenvalue weighted by atomic mass is 9.99. The van der Waals surface area contributed by atoms with Crippen molar-refractivity contribution in [1.29, 1.82) is 0 Å². The monoisotopic (exact) mass is 768 g/mol. The Bertz CT molecular complexity index is 1520. The lowest BCUT2D eigenvalue weighted by Crippen LogP contribution is -2.52. The van der Waals surface area contributed by atoms with Gasteiger partial charge in [0.15, 0.2) is 16.6 Å². The number of nitrogens with zero attached hydrogens (tertiary/aromatic N) is 3. The summed E-state index contributed by atoms with van der Waals surface area (Å²) in [4.78, 5) is 39.0. The quantitative estimate of drug-likeness (QED) is 0.0683. The topological polar surface area (TPSA) is 146 Å². The summed E-state index contributed by atoms with van der Waals surface area (Å²) in [5, 5.41) is 9.82. The third-order valence-electron chi connectivity index (χ3n) is 6.80. The summed E-state index contributed by atoms with van der Waals surface area (Å²) in [6, 6.07) is 14.7. The summed E-state index contributed by atoms with van der Waals surface area (Å²) in [5.74, 6) is 0.225. The molecule has 0 aliphatic carbocycles. The van der Waals surface area contributed by atoms with Crippen LogP contribution < -0.4 is 16.0 Å². The number of carbonyl (C=O) groups excluding carboxylic acids is 2. The van der Waals surface area contributed by atoms with Gasteiger partial charge in [0.25, 0.3) is 0 Å². The molecule has 0 aliphatic rings. The Kier molecular flexibility index (Phi) is 14.4. The number of anilines is 5.